The number of nitrogens with zero attached hydrogens (tertiary/aromatic N) is 4. The van der Waals surface area contributed by atoms with E-state index in [1.807, 2.05) is 38.5 Å². The van der Waals surface area contributed by atoms with Gasteiger partial charge in [-0.1, -0.05) is 0 Å². The first-order chi connectivity index (χ1) is 11.1. The number of furan rings is 1. The number of carbonyl (C=O) groups excluding carboxylic acids is 1. The molecular formula is C16H17N5O2. The van der Waals surface area contributed by atoms with Gasteiger partial charge in [-0.25, -0.2) is 0 Å². The molecule has 0 unspecified atom stereocenters. The van der Waals surface area contributed by atoms with E-state index in [2.05, 4.69) is 15.5 Å². The predicted molar refractivity (Wildman–Crippen MR) is 83.6 cm³/mol. The van der Waals surface area contributed by atoms with Crippen LogP contribution >= 0.6 is 0 Å². The quantitative estimate of drug-likeness (QED) is 0.801. The molecule has 1 aliphatic rings. The van der Waals surface area contributed by atoms with Gasteiger partial charge in [0.15, 0.2) is 0 Å². The lowest BCUT2D eigenvalue weighted by Gasteiger charge is -2.05. The average molecular weight is 311 g/mol. The fourth-order valence-corrected chi connectivity index (χ4v) is 2.90. The van der Waals surface area contributed by atoms with Crippen molar-refractivity contribution in [3.05, 3.63) is 42.6 Å². The Morgan fingerprint density at radius 1 is 1.39 bits per heavy atom. The van der Waals surface area contributed by atoms with Crippen molar-refractivity contribution >= 4 is 11.6 Å². The Kier molecular flexibility index (Phi) is 3.07. The molecule has 0 bridgehead atoms. The highest BCUT2D eigenvalue weighted by atomic mass is 16.3. The number of aryl methyl sites for hydroxylation is 2. The number of amides is 1. The Balaban J connectivity index is 1.54. The van der Waals surface area contributed by atoms with Crippen LogP contribution in [0.2, 0.25) is 0 Å². The molecule has 7 nitrogen and oxygen atoms in total. The van der Waals surface area contributed by atoms with E-state index in [4.69, 9.17) is 4.42 Å². The molecule has 4 rings (SSSR count). The summed E-state index contributed by atoms with van der Waals surface area (Å²) in [7, 11) is 3.68. The van der Waals surface area contributed by atoms with Crippen LogP contribution in [0, 0.1) is 5.92 Å². The number of rotatable bonds is 4. The Morgan fingerprint density at radius 3 is 2.96 bits per heavy atom. The summed E-state index contributed by atoms with van der Waals surface area (Å²) in [6.07, 6.45) is 5.98. The summed E-state index contributed by atoms with van der Waals surface area (Å²) >= 11 is 0. The van der Waals surface area contributed by atoms with Gasteiger partial charge in [0.1, 0.15) is 11.5 Å². The molecule has 0 spiro atoms. The van der Waals surface area contributed by atoms with E-state index < -0.39 is 0 Å². The first-order valence-corrected chi connectivity index (χ1v) is 7.50. The zero-order valence-corrected chi connectivity index (χ0v) is 12.9. The van der Waals surface area contributed by atoms with Gasteiger partial charge >= 0.3 is 0 Å². The zero-order chi connectivity index (χ0) is 16.0. The van der Waals surface area contributed by atoms with Gasteiger partial charge in [0.25, 0.3) is 0 Å². The van der Waals surface area contributed by atoms with Crippen molar-refractivity contribution in [3.8, 4) is 11.4 Å². The molecule has 23 heavy (non-hydrogen) atoms. The van der Waals surface area contributed by atoms with Crippen LogP contribution in [0.25, 0.3) is 11.4 Å². The lowest BCUT2D eigenvalue weighted by atomic mass is 10.2. The number of hydrogen-bond acceptors (Lipinski definition) is 4. The molecule has 1 fully saturated rings. The van der Waals surface area contributed by atoms with Gasteiger partial charge in [-0.3, -0.25) is 14.2 Å². The third kappa shape index (κ3) is 2.44. The summed E-state index contributed by atoms with van der Waals surface area (Å²) in [5.74, 6) is 1.02. The third-order valence-corrected chi connectivity index (χ3v) is 4.19. The van der Waals surface area contributed by atoms with E-state index in [0.717, 1.165) is 23.6 Å². The molecule has 1 amide bonds. The van der Waals surface area contributed by atoms with E-state index in [0.29, 0.717) is 5.69 Å². The number of aromatic nitrogens is 4. The van der Waals surface area contributed by atoms with Crippen molar-refractivity contribution in [2.45, 2.75) is 12.3 Å². The van der Waals surface area contributed by atoms with Crippen molar-refractivity contribution in [2.75, 3.05) is 5.32 Å². The SMILES string of the molecule is Cn1cc(NC(=O)[C@@H]2C[C@H]2c2ccco2)c(-c2ccnn2C)n1. The summed E-state index contributed by atoms with van der Waals surface area (Å²) in [5.41, 5.74) is 2.28. The normalized spacial score (nSPS) is 19.7. The molecule has 118 valence electrons. The van der Waals surface area contributed by atoms with Crippen molar-refractivity contribution in [1.82, 2.24) is 19.6 Å². The Hall–Kier alpha value is -2.83. The second kappa shape index (κ2) is 5.12. The van der Waals surface area contributed by atoms with Crippen LogP contribution in [0.5, 0.6) is 0 Å². The van der Waals surface area contributed by atoms with Crippen molar-refractivity contribution in [3.63, 3.8) is 0 Å². The van der Waals surface area contributed by atoms with Crippen molar-refractivity contribution in [2.24, 2.45) is 20.0 Å². The van der Waals surface area contributed by atoms with Gasteiger partial charge in [-0.05, 0) is 24.6 Å². The fourth-order valence-electron chi connectivity index (χ4n) is 2.90. The highest BCUT2D eigenvalue weighted by Crippen LogP contribution is 2.48. The molecule has 0 radical (unpaired) electrons. The van der Waals surface area contributed by atoms with E-state index in [9.17, 15) is 4.79 Å². The maximum absolute atomic E-state index is 12.5. The molecule has 1 aliphatic carbocycles. The van der Waals surface area contributed by atoms with Crippen LogP contribution in [0.4, 0.5) is 5.69 Å². The number of nitrogens with one attached hydrogen (secondary N) is 1. The second-order valence-corrected chi connectivity index (χ2v) is 5.86. The highest BCUT2D eigenvalue weighted by molar-refractivity contribution is 5.97. The molecule has 1 N–H and O–H groups in total. The summed E-state index contributed by atoms with van der Waals surface area (Å²) in [6.45, 7) is 0. The molecular weight excluding hydrogens is 294 g/mol. The van der Waals surface area contributed by atoms with E-state index in [1.165, 1.54) is 0 Å². The second-order valence-electron chi connectivity index (χ2n) is 5.86. The van der Waals surface area contributed by atoms with Crippen molar-refractivity contribution < 1.29 is 9.21 Å². The first kappa shape index (κ1) is 13.8. The molecule has 0 saturated heterocycles. The molecule has 3 aromatic heterocycles. The number of anilines is 1. The molecule has 3 heterocycles. The summed E-state index contributed by atoms with van der Waals surface area (Å²) < 4.78 is 8.81. The maximum atomic E-state index is 12.5. The van der Waals surface area contributed by atoms with Crippen LogP contribution in [-0.2, 0) is 18.9 Å². The topological polar surface area (TPSA) is 77.9 Å². The standard InChI is InChI=1S/C16H17N5O2/c1-20-9-12(15(19-20)13-5-6-17-21(13)2)18-16(22)11-8-10(11)14-4-3-7-23-14/h3-7,9-11H,8H2,1-2H3,(H,18,22)/t10-,11-/m1/s1. The number of hydrogen-bond donors (Lipinski definition) is 1. The van der Waals surface area contributed by atoms with Gasteiger partial charge < -0.3 is 9.73 Å². The number of carbonyl (C=O) groups is 1. The minimum atomic E-state index is -0.0410. The summed E-state index contributed by atoms with van der Waals surface area (Å²) in [4.78, 5) is 12.5. The van der Waals surface area contributed by atoms with Crippen LogP contribution in [0.3, 0.4) is 0 Å². The lowest BCUT2D eigenvalue weighted by molar-refractivity contribution is -0.117. The van der Waals surface area contributed by atoms with Crippen LogP contribution in [0.15, 0.2) is 41.3 Å². The van der Waals surface area contributed by atoms with Gasteiger partial charge in [-0.2, -0.15) is 10.2 Å². The largest absolute Gasteiger partial charge is 0.469 e. The Bertz CT molecular complexity index is 846. The molecule has 2 atom stereocenters. The minimum absolute atomic E-state index is 0.00261. The average Bonchev–Trinajstić information content (AvgIpc) is 2.88. The minimum Gasteiger partial charge on any atom is -0.469 e. The molecule has 0 aliphatic heterocycles. The van der Waals surface area contributed by atoms with Crippen LogP contribution in [-0.4, -0.2) is 25.5 Å². The van der Waals surface area contributed by atoms with E-state index in [-0.39, 0.29) is 17.7 Å². The summed E-state index contributed by atoms with van der Waals surface area (Å²) in [5, 5.41) is 11.6. The van der Waals surface area contributed by atoms with Gasteiger partial charge in [0.05, 0.1) is 17.6 Å². The molecule has 3 aromatic rings. The monoisotopic (exact) mass is 311 g/mol. The molecule has 7 heteroatoms. The zero-order valence-electron chi connectivity index (χ0n) is 12.9. The smallest absolute Gasteiger partial charge is 0.228 e. The molecule has 0 aromatic carbocycles. The third-order valence-electron chi connectivity index (χ3n) is 4.19. The highest BCUT2D eigenvalue weighted by Gasteiger charge is 2.46. The van der Waals surface area contributed by atoms with E-state index in [1.54, 1.807) is 21.8 Å². The Morgan fingerprint density at radius 2 is 2.26 bits per heavy atom. The van der Waals surface area contributed by atoms with Crippen molar-refractivity contribution in [1.29, 1.82) is 0 Å². The van der Waals surface area contributed by atoms with Gasteiger partial charge in [0.2, 0.25) is 5.91 Å². The van der Waals surface area contributed by atoms with Crippen LogP contribution in [0.1, 0.15) is 18.1 Å². The van der Waals surface area contributed by atoms with Gasteiger partial charge in [0, 0.05) is 38.3 Å². The van der Waals surface area contributed by atoms with Gasteiger partial charge in [-0.15, -0.1) is 0 Å². The van der Waals surface area contributed by atoms with Crippen LogP contribution < -0.4 is 5.32 Å². The van der Waals surface area contributed by atoms with E-state index >= 15 is 0 Å². The maximum Gasteiger partial charge on any atom is 0.228 e. The lowest BCUT2D eigenvalue weighted by Crippen LogP contribution is -2.15. The fraction of sp³-hybridized carbons (Fsp3) is 0.312. The first-order valence-electron chi connectivity index (χ1n) is 7.50. The predicted octanol–water partition coefficient (Wildman–Crippen LogP) is 2.16. The molecule has 1 saturated carbocycles. The Labute approximate surface area is 132 Å². The summed E-state index contributed by atoms with van der Waals surface area (Å²) in [6, 6.07) is 5.65.